The highest BCUT2D eigenvalue weighted by atomic mass is 16.2. The molecule has 0 atom stereocenters. The van der Waals surface area contributed by atoms with Crippen LogP contribution in [0, 0.1) is 19.3 Å². The lowest BCUT2D eigenvalue weighted by Gasteiger charge is -2.30. The highest BCUT2D eigenvalue weighted by molar-refractivity contribution is 6.11. The number of rotatable bonds is 4. The van der Waals surface area contributed by atoms with Crippen LogP contribution in [0.3, 0.4) is 0 Å². The number of ketones is 2. The lowest BCUT2D eigenvalue weighted by atomic mass is 9.73. The predicted octanol–water partition coefficient (Wildman–Crippen LogP) is 2.73. The molecular formula is C19H24N2O4. The van der Waals surface area contributed by atoms with Crippen molar-refractivity contribution in [2.24, 2.45) is 5.41 Å². The van der Waals surface area contributed by atoms with Gasteiger partial charge >= 0.3 is 0 Å². The summed E-state index contributed by atoms with van der Waals surface area (Å²) in [5, 5.41) is 0. The first-order valence-corrected chi connectivity index (χ1v) is 8.85. The van der Waals surface area contributed by atoms with E-state index < -0.39 is 5.41 Å². The van der Waals surface area contributed by atoms with Gasteiger partial charge in [-0.05, 0) is 39.2 Å². The number of carbonyl (C=O) groups is 4. The van der Waals surface area contributed by atoms with Gasteiger partial charge in [0.15, 0.2) is 11.6 Å². The number of aryl methyl sites for hydroxylation is 1. The van der Waals surface area contributed by atoms with Crippen molar-refractivity contribution in [1.29, 1.82) is 0 Å². The average Bonchev–Trinajstić information content (AvgIpc) is 2.97. The number of imide groups is 1. The summed E-state index contributed by atoms with van der Waals surface area (Å²) in [5.74, 6) is -0.895. The zero-order chi connectivity index (χ0) is 18.4. The van der Waals surface area contributed by atoms with Crippen LogP contribution >= 0.6 is 0 Å². The quantitative estimate of drug-likeness (QED) is 0.672. The molecule has 1 saturated heterocycles. The van der Waals surface area contributed by atoms with Crippen LogP contribution in [-0.2, 0) is 9.59 Å². The van der Waals surface area contributed by atoms with E-state index in [1.54, 1.807) is 13.8 Å². The minimum absolute atomic E-state index is 0.111. The third kappa shape index (κ3) is 2.83. The first kappa shape index (κ1) is 17.6. The summed E-state index contributed by atoms with van der Waals surface area (Å²) < 4.78 is 0. The molecular weight excluding hydrogens is 320 g/mol. The maximum absolute atomic E-state index is 12.8. The van der Waals surface area contributed by atoms with E-state index in [2.05, 4.69) is 4.98 Å². The Morgan fingerprint density at radius 2 is 1.76 bits per heavy atom. The predicted molar refractivity (Wildman–Crippen MR) is 91.5 cm³/mol. The fourth-order valence-corrected chi connectivity index (χ4v) is 4.42. The summed E-state index contributed by atoms with van der Waals surface area (Å²) in [6.07, 6.45) is 4.70. The Balaban J connectivity index is 1.82. The number of Topliss-reactive ketones (excluding diaryl/α,β-unsaturated/α-hetero) is 2. The van der Waals surface area contributed by atoms with Gasteiger partial charge < -0.3 is 4.98 Å². The molecule has 0 aromatic carbocycles. The van der Waals surface area contributed by atoms with E-state index in [9.17, 15) is 19.2 Å². The SMILES string of the molecule is CC(=O)c1c(C)[nH]c(C(=O)CN2C(=O)CC3(CCCCC3)C2=O)c1C. The fourth-order valence-electron chi connectivity index (χ4n) is 4.42. The molecule has 1 aromatic rings. The molecule has 6 nitrogen and oxygen atoms in total. The van der Waals surface area contributed by atoms with Crippen LogP contribution in [0.2, 0.25) is 0 Å². The molecule has 1 spiro atoms. The van der Waals surface area contributed by atoms with Crippen molar-refractivity contribution in [3.05, 3.63) is 22.5 Å². The monoisotopic (exact) mass is 344 g/mol. The molecule has 0 radical (unpaired) electrons. The molecule has 134 valence electrons. The summed E-state index contributed by atoms with van der Waals surface area (Å²) in [4.78, 5) is 53.7. The van der Waals surface area contributed by atoms with Gasteiger partial charge in [0.2, 0.25) is 11.8 Å². The lowest BCUT2D eigenvalue weighted by Crippen LogP contribution is -2.39. The van der Waals surface area contributed by atoms with Crippen molar-refractivity contribution in [3.63, 3.8) is 0 Å². The van der Waals surface area contributed by atoms with E-state index in [-0.39, 0.29) is 36.3 Å². The van der Waals surface area contributed by atoms with Crippen molar-refractivity contribution in [2.45, 2.75) is 59.3 Å². The van der Waals surface area contributed by atoms with Gasteiger partial charge in [0.25, 0.3) is 0 Å². The molecule has 1 aliphatic heterocycles. The Morgan fingerprint density at radius 1 is 1.12 bits per heavy atom. The van der Waals surface area contributed by atoms with Crippen LogP contribution < -0.4 is 0 Å². The Bertz CT molecular complexity index is 769. The highest BCUT2D eigenvalue weighted by Crippen LogP contribution is 2.45. The second-order valence-corrected chi connectivity index (χ2v) is 7.41. The van der Waals surface area contributed by atoms with E-state index in [4.69, 9.17) is 0 Å². The number of likely N-dealkylation sites (tertiary alicyclic amines) is 1. The third-order valence-corrected chi connectivity index (χ3v) is 5.67. The van der Waals surface area contributed by atoms with E-state index in [0.29, 0.717) is 22.5 Å². The van der Waals surface area contributed by atoms with Crippen molar-refractivity contribution in [3.8, 4) is 0 Å². The number of nitrogens with zero attached hydrogens (tertiary/aromatic N) is 1. The van der Waals surface area contributed by atoms with Crippen molar-refractivity contribution in [2.75, 3.05) is 6.54 Å². The van der Waals surface area contributed by atoms with Crippen LogP contribution in [0.1, 0.15) is 77.6 Å². The molecule has 1 N–H and O–H groups in total. The largest absolute Gasteiger partial charge is 0.355 e. The normalized spacial score (nSPS) is 19.7. The van der Waals surface area contributed by atoms with Gasteiger partial charge in [0.1, 0.15) is 0 Å². The molecule has 0 unspecified atom stereocenters. The van der Waals surface area contributed by atoms with Gasteiger partial charge in [0, 0.05) is 17.7 Å². The van der Waals surface area contributed by atoms with Crippen LogP contribution in [0.15, 0.2) is 0 Å². The Hall–Kier alpha value is -2.24. The van der Waals surface area contributed by atoms with Gasteiger partial charge in [-0.25, -0.2) is 0 Å². The molecule has 2 fully saturated rings. The van der Waals surface area contributed by atoms with Crippen LogP contribution in [0.5, 0.6) is 0 Å². The molecule has 25 heavy (non-hydrogen) atoms. The minimum Gasteiger partial charge on any atom is -0.355 e. The molecule has 2 amide bonds. The van der Waals surface area contributed by atoms with Gasteiger partial charge in [-0.3, -0.25) is 24.1 Å². The molecule has 1 aromatic heterocycles. The number of H-pyrrole nitrogens is 1. The molecule has 2 heterocycles. The topological polar surface area (TPSA) is 87.3 Å². The summed E-state index contributed by atoms with van der Waals surface area (Å²) in [7, 11) is 0. The molecule has 1 saturated carbocycles. The molecule has 1 aliphatic carbocycles. The zero-order valence-electron chi connectivity index (χ0n) is 15.0. The maximum atomic E-state index is 12.8. The van der Waals surface area contributed by atoms with Crippen LogP contribution in [0.4, 0.5) is 0 Å². The maximum Gasteiger partial charge on any atom is 0.236 e. The zero-order valence-corrected chi connectivity index (χ0v) is 15.0. The number of hydrogen-bond donors (Lipinski definition) is 1. The number of aromatic nitrogens is 1. The van der Waals surface area contributed by atoms with Crippen LogP contribution in [0.25, 0.3) is 0 Å². The number of hydrogen-bond acceptors (Lipinski definition) is 4. The summed E-state index contributed by atoms with van der Waals surface area (Å²) >= 11 is 0. The lowest BCUT2D eigenvalue weighted by molar-refractivity contribution is -0.141. The van der Waals surface area contributed by atoms with Crippen molar-refractivity contribution >= 4 is 23.4 Å². The Labute approximate surface area is 147 Å². The second kappa shape index (κ2) is 6.24. The van der Waals surface area contributed by atoms with Crippen LogP contribution in [-0.4, -0.2) is 39.8 Å². The van der Waals surface area contributed by atoms with Gasteiger partial charge in [0.05, 0.1) is 17.7 Å². The molecule has 3 rings (SSSR count). The number of carbonyl (C=O) groups excluding carboxylic acids is 4. The average molecular weight is 344 g/mol. The Kier molecular flexibility index (Phi) is 4.39. The van der Waals surface area contributed by atoms with Gasteiger partial charge in [-0.1, -0.05) is 19.3 Å². The van der Waals surface area contributed by atoms with E-state index in [1.165, 1.54) is 6.92 Å². The Morgan fingerprint density at radius 3 is 2.32 bits per heavy atom. The first-order valence-electron chi connectivity index (χ1n) is 8.85. The van der Waals surface area contributed by atoms with Crippen molar-refractivity contribution in [1.82, 2.24) is 9.88 Å². The minimum atomic E-state index is -0.582. The number of aromatic amines is 1. The number of nitrogens with one attached hydrogen (secondary N) is 1. The van der Waals surface area contributed by atoms with Gasteiger partial charge in [-0.15, -0.1) is 0 Å². The standard InChI is InChI=1S/C19H24N2O4/c1-11-16(13(3)22)12(2)20-17(11)14(23)10-21-15(24)9-19(18(21)25)7-5-4-6-8-19/h20H,4-10H2,1-3H3. The molecule has 2 aliphatic rings. The summed E-state index contributed by atoms with van der Waals surface area (Å²) in [6, 6.07) is 0. The summed E-state index contributed by atoms with van der Waals surface area (Å²) in [5.41, 5.74) is 1.46. The smallest absolute Gasteiger partial charge is 0.236 e. The van der Waals surface area contributed by atoms with E-state index in [1.807, 2.05) is 0 Å². The second-order valence-electron chi connectivity index (χ2n) is 7.41. The van der Waals surface area contributed by atoms with E-state index in [0.717, 1.165) is 37.0 Å². The van der Waals surface area contributed by atoms with E-state index >= 15 is 0 Å². The fraction of sp³-hybridized carbons (Fsp3) is 0.579. The van der Waals surface area contributed by atoms with Gasteiger partial charge in [-0.2, -0.15) is 0 Å². The molecule has 0 bridgehead atoms. The highest BCUT2D eigenvalue weighted by Gasteiger charge is 2.51. The summed E-state index contributed by atoms with van der Waals surface area (Å²) in [6.45, 7) is 4.66. The first-order chi connectivity index (χ1) is 11.8. The molecule has 6 heteroatoms. The third-order valence-electron chi connectivity index (χ3n) is 5.67. The van der Waals surface area contributed by atoms with Crippen molar-refractivity contribution < 1.29 is 19.2 Å². The number of amides is 2.